The van der Waals surface area contributed by atoms with Gasteiger partial charge in [0.1, 0.15) is 12.1 Å². The predicted molar refractivity (Wildman–Crippen MR) is 92.7 cm³/mol. The van der Waals surface area contributed by atoms with E-state index in [-0.39, 0.29) is 6.03 Å². The highest BCUT2D eigenvalue weighted by molar-refractivity contribution is 5.89. The number of hydrogen-bond donors (Lipinski definition) is 2. The summed E-state index contributed by atoms with van der Waals surface area (Å²) in [4.78, 5) is 12.1. The average Bonchev–Trinajstić information content (AvgIpc) is 3.14. The zero-order chi connectivity index (χ0) is 17.6. The van der Waals surface area contributed by atoms with E-state index in [4.69, 9.17) is 4.74 Å². The van der Waals surface area contributed by atoms with Crippen LogP contribution in [0, 0.1) is 6.92 Å². The van der Waals surface area contributed by atoms with Gasteiger partial charge in [0, 0.05) is 12.2 Å². The first-order chi connectivity index (χ1) is 12.2. The van der Waals surface area contributed by atoms with Gasteiger partial charge in [0.05, 0.1) is 12.8 Å². The Bertz CT molecular complexity index is 863. The van der Waals surface area contributed by atoms with Gasteiger partial charge in [-0.05, 0) is 58.8 Å². The number of anilines is 1. The molecule has 0 spiro atoms. The Labute approximate surface area is 144 Å². The average molecular weight is 338 g/mol. The lowest BCUT2D eigenvalue weighted by molar-refractivity contribution is 0.251. The van der Waals surface area contributed by atoms with Crippen LogP contribution >= 0.6 is 0 Å². The van der Waals surface area contributed by atoms with E-state index in [1.165, 1.54) is 6.33 Å². The van der Waals surface area contributed by atoms with Gasteiger partial charge in [-0.25, -0.2) is 9.48 Å². The molecule has 0 bridgehead atoms. The minimum Gasteiger partial charge on any atom is -0.497 e. The van der Waals surface area contributed by atoms with Crippen LogP contribution in [-0.2, 0) is 6.54 Å². The van der Waals surface area contributed by atoms with Gasteiger partial charge in [-0.1, -0.05) is 12.1 Å². The maximum Gasteiger partial charge on any atom is 0.319 e. The molecular formula is C17H18N6O2. The molecule has 2 aromatic carbocycles. The second-order valence-corrected chi connectivity index (χ2v) is 5.41. The molecule has 0 aliphatic heterocycles. The lowest BCUT2D eigenvalue weighted by atomic mass is 10.2. The van der Waals surface area contributed by atoms with E-state index in [9.17, 15) is 4.79 Å². The normalized spacial score (nSPS) is 10.3. The summed E-state index contributed by atoms with van der Waals surface area (Å²) in [5.41, 5.74) is 3.45. The molecule has 0 atom stereocenters. The van der Waals surface area contributed by atoms with Crippen LogP contribution < -0.4 is 15.4 Å². The maximum absolute atomic E-state index is 12.1. The molecule has 0 aliphatic rings. The van der Waals surface area contributed by atoms with Crippen molar-refractivity contribution >= 4 is 11.7 Å². The number of nitrogens with one attached hydrogen (secondary N) is 2. The van der Waals surface area contributed by atoms with Gasteiger partial charge in [-0.2, -0.15) is 0 Å². The molecule has 0 saturated heterocycles. The number of hydrogen-bond acceptors (Lipinski definition) is 5. The molecule has 1 heterocycles. The van der Waals surface area contributed by atoms with Crippen molar-refractivity contribution in [3.63, 3.8) is 0 Å². The van der Waals surface area contributed by atoms with E-state index >= 15 is 0 Å². The fourth-order valence-electron chi connectivity index (χ4n) is 2.40. The third-order valence-electron chi connectivity index (χ3n) is 3.64. The highest BCUT2D eigenvalue weighted by Gasteiger charge is 2.06. The largest absolute Gasteiger partial charge is 0.497 e. The third-order valence-corrected chi connectivity index (χ3v) is 3.64. The Morgan fingerprint density at radius 3 is 2.84 bits per heavy atom. The first-order valence-corrected chi connectivity index (χ1v) is 7.67. The fourth-order valence-corrected chi connectivity index (χ4v) is 2.40. The Hall–Kier alpha value is -3.42. The Morgan fingerprint density at radius 1 is 1.24 bits per heavy atom. The first kappa shape index (κ1) is 16.4. The van der Waals surface area contributed by atoms with Crippen molar-refractivity contribution in [3.8, 4) is 11.4 Å². The molecule has 8 heteroatoms. The van der Waals surface area contributed by atoms with Crippen molar-refractivity contribution in [1.82, 2.24) is 25.5 Å². The van der Waals surface area contributed by atoms with Gasteiger partial charge < -0.3 is 15.4 Å². The molecular weight excluding hydrogens is 320 g/mol. The van der Waals surface area contributed by atoms with Crippen LogP contribution in [-0.4, -0.2) is 33.3 Å². The number of carbonyl (C=O) groups is 1. The SMILES string of the molecule is COc1cccc(CNC(=O)Nc2ccc(-n3cnnn3)c(C)c2)c1. The molecule has 2 amide bonds. The molecule has 0 radical (unpaired) electrons. The van der Waals surface area contributed by atoms with Crippen LogP contribution in [0.15, 0.2) is 48.8 Å². The van der Waals surface area contributed by atoms with Gasteiger partial charge in [-0.3, -0.25) is 0 Å². The van der Waals surface area contributed by atoms with Gasteiger partial charge in [-0.15, -0.1) is 5.10 Å². The van der Waals surface area contributed by atoms with Crippen LogP contribution in [0.4, 0.5) is 10.5 Å². The van der Waals surface area contributed by atoms with Crippen molar-refractivity contribution in [2.24, 2.45) is 0 Å². The van der Waals surface area contributed by atoms with E-state index < -0.39 is 0 Å². The van der Waals surface area contributed by atoms with E-state index in [2.05, 4.69) is 26.2 Å². The van der Waals surface area contributed by atoms with E-state index in [1.807, 2.05) is 43.3 Å². The van der Waals surface area contributed by atoms with Crippen molar-refractivity contribution in [1.29, 1.82) is 0 Å². The van der Waals surface area contributed by atoms with Gasteiger partial charge in [0.15, 0.2) is 0 Å². The summed E-state index contributed by atoms with van der Waals surface area (Å²) in [5.74, 6) is 0.758. The molecule has 1 aromatic heterocycles. The molecule has 0 unspecified atom stereocenters. The topological polar surface area (TPSA) is 94.0 Å². The second kappa shape index (κ2) is 7.43. The smallest absolute Gasteiger partial charge is 0.319 e. The fraction of sp³-hybridized carbons (Fsp3) is 0.176. The number of benzene rings is 2. The summed E-state index contributed by atoms with van der Waals surface area (Å²) < 4.78 is 6.74. The molecule has 25 heavy (non-hydrogen) atoms. The van der Waals surface area contributed by atoms with E-state index in [1.54, 1.807) is 17.9 Å². The zero-order valence-corrected chi connectivity index (χ0v) is 13.9. The monoisotopic (exact) mass is 338 g/mol. The van der Waals surface area contributed by atoms with E-state index in [0.717, 1.165) is 22.6 Å². The second-order valence-electron chi connectivity index (χ2n) is 5.41. The summed E-state index contributed by atoms with van der Waals surface area (Å²) in [5, 5.41) is 16.7. The number of methoxy groups -OCH3 is 1. The van der Waals surface area contributed by atoms with Gasteiger partial charge >= 0.3 is 6.03 Å². The molecule has 0 aliphatic carbocycles. The third kappa shape index (κ3) is 4.11. The first-order valence-electron chi connectivity index (χ1n) is 7.67. The minimum absolute atomic E-state index is 0.280. The molecule has 0 saturated carbocycles. The Morgan fingerprint density at radius 2 is 2.12 bits per heavy atom. The summed E-state index contributed by atoms with van der Waals surface area (Å²) in [6, 6.07) is 12.8. The Balaban J connectivity index is 1.60. The van der Waals surface area contributed by atoms with Crippen LogP contribution in [0.5, 0.6) is 5.75 Å². The van der Waals surface area contributed by atoms with Crippen molar-refractivity contribution < 1.29 is 9.53 Å². The zero-order valence-electron chi connectivity index (χ0n) is 13.9. The molecule has 3 rings (SSSR count). The summed E-state index contributed by atoms with van der Waals surface area (Å²) >= 11 is 0. The van der Waals surface area contributed by atoms with Crippen LogP contribution in [0.25, 0.3) is 5.69 Å². The summed E-state index contributed by atoms with van der Waals surface area (Å²) in [6.07, 6.45) is 1.52. The highest BCUT2D eigenvalue weighted by Crippen LogP contribution is 2.18. The molecule has 128 valence electrons. The van der Waals surface area contributed by atoms with Gasteiger partial charge in [0.2, 0.25) is 0 Å². The summed E-state index contributed by atoms with van der Waals surface area (Å²) in [7, 11) is 1.61. The molecule has 3 aromatic rings. The number of nitrogens with zero attached hydrogens (tertiary/aromatic N) is 4. The maximum atomic E-state index is 12.1. The quantitative estimate of drug-likeness (QED) is 0.744. The standard InChI is InChI=1S/C17H18N6O2/c1-12-8-14(6-7-16(12)23-11-19-21-22-23)20-17(24)18-10-13-4-3-5-15(9-13)25-2/h3-9,11H,10H2,1-2H3,(H2,18,20,24). The number of tetrazole rings is 1. The number of aromatic nitrogens is 4. The number of amides is 2. The van der Waals surface area contributed by atoms with Crippen molar-refractivity contribution in [2.75, 3.05) is 12.4 Å². The Kier molecular flexibility index (Phi) is 4.89. The number of urea groups is 1. The van der Waals surface area contributed by atoms with Crippen LogP contribution in [0.3, 0.4) is 0 Å². The molecule has 8 nitrogen and oxygen atoms in total. The van der Waals surface area contributed by atoms with Crippen molar-refractivity contribution in [2.45, 2.75) is 13.5 Å². The lowest BCUT2D eigenvalue weighted by Gasteiger charge is -2.11. The minimum atomic E-state index is -0.280. The number of aryl methyl sites for hydroxylation is 1. The van der Waals surface area contributed by atoms with Crippen LogP contribution in [0.2, 0.25) is 0 Å². The lowest BCUT2D eigenvalue weighted by Crippen LogP contribution is -2.28. The summed E-state index contributed by atoms with van der Waals surface area (Å²) in [6.45, 7) is 2.33. The van der Waals surface area contributed by atoms with E-state index in [0.29, 0.717) is 12.2 Å². The van der Waals surface area contributed by atoms with Crippen molar-refractivity contribution in [3.05, 3.63) is 59.9 Å². The number of carbonyl (C=O) groups excluding carboxylic acids is 1. The molecule has 2 N–H and O–H groups in total. The number of ether oxygens (including phenoxy) is 1. The highest BCUT2D eigenvalue weighted by atomic mass is 16.5. The van der Waals surface area contributed by atoms with Crippen LogP contribution in [0.1, 0.15) is 11.1 Å². The molecule has 0 fully saturated rings. The van der Waals surface area contributed by atoms with Gasteiger partial charge in [0.25, 0.3) is 0 Å². The predicted octanol–water partition coefficient (Wildman–Crippen LogP) is 2.30. The number of rotatable bonds is 5.